The number of fused-ring (bicyclic) bond motifs is 1. The van der Waals surface area contributed by atoms with Gasteiger partial charge in [-0.05, 0) is 27.2 Å². The average Bonchev–Trinajstić information content (AvgIpc) is 3.41. The van der Waals surface area contributed by atoms with Crippen LogP contribution in [0.5, 0.6) is 0 Å². The molecule has 3 atom stereocenters. The normalized spacial score (nSPS) is 24.5. The highest BCUT2D eigenvalue weighted by Crippen LogP contribution is 2.43. The molecule has 0 saturated carbocycles. The van der Waals surface area contributed by atoms with E-state index in [1.54, 1.807) is 26.2 Å². The monoisotopic (exact) mass is 523 g/mol. The fraction of sp³-hybridized carbons (Fsp3) is 0.524. The number of aromatic nitrogens is 1. The predicted molar refractivity (Wildman–Crippen MR) is 127 cm³/mol. The number of oxime groups is 1. The Morgan fingerprint density at radius 2 is 2.09 bits per heavy atom. The predicted octanol–water partition coefficient (Wildman–Crippen LogP) is 0.777. The van der Waals surface area contributed by atoms with Gasteiger partial charge in [0.25, 0.3) is 11.8 Å². The zero-order valence-electron chi connectivity index (χ0n) is 19.5. The van der Waals surface area contributed by atoms with Gasteiger partial charge in [-0.25, -0.2) is 9.78 Å². The number of anilines is 1. The van der Waals surface area contributed by atoms with Crippen molar-refractivity contribution in [2.45, 2.75) is 56.7 Å². The number of esters is 2. The van der Waals surface area contributed by atoms with Crippen molar-refractivity contribution < 1.29 is 33.5 Å². The van der Waals surface area contributed by atoms with Crippen LogP contribution in [0.15, 0.2) is 21.8 Å². The third kappa shape index (κ3) is 4.98. The quantitative estimate of drug-likeness (QED) is 0.236. The van der Waals surface area contributed by atoms with E-state index in [2.05, 4.69) is 15.5 Å². The number of thiazole rings is 1. The number of β-lactam (4-membered cyclic amide) rings is 1. The van der Waals surface area contributed by atoms with Crippen LogP contribution in [0.3, 0.4) is 0 Å². The first-order valence-corrected chi connectivity index (χ1v) is 12.7. The molecule has 14 heteroatoms. The Bertz CT molecular complexity index is 1140. The van der Waals surface area contributed by atoms with E-state index in [-0.39, 0.29) is 34.6 Å². The van der Waals surface area contributed by atoms with Crippen molar-refractivity contribution >= 4 is 57.7 Å². The lowest BCUT2D eigenvalue weighted by atomic mass is 9.98. The van der Waals surface area contributed by atoms with Crippen LogP contribution in [0.4, 0.5) is 5.13 Å². The summed E-state index contributed by atoms with van der Waals surface area (Å²) in [7, 11) is 1.28. The fourth-order valence-electron chi connectivity index (χ4n) is 3.88. The maximum Gasteiger partial charge on any atom is 0.355 e. The second-order valence-electron chi connectivity index (χ2n) is 8.95. The summed E-state index contributed by atoms with van der Waals surface area (Å²) < 4.78 is 10.9. The first-order valence-electron chi connectivity index (χ1n) is 10.7. The second kappa shape index (κ2) is 9.49. The highest BCUT2D eigenvalue weighted by atomic mass is 32.2. The number of hydrogen-bond acceptors (Lipinski definition) is 12. The molecule has 0 spiro atoms. The zero-order chi connectivity index (χ0) is 25.5. The average molecular weight is 524 g/mol. The first-order chi connectivity index (χ1) is 16.5. The molecule has 3 aliphatic heterocycles. The number of nitrogens with zero attached hydrogens (tertiary/aromatic N) is 3. The van der Waals surface area contributed by atoms with Crippen LogP contribution in [0, 0.1) is 0 Å². The number of ether oxygens (including phenoxy) is 2. The lowest BCUT2D eigenvalue weighted by molar-refractivity contribution is -0.159. The van der Waals surface area contributed by atoms with Crippen LogP contribution in [0.1, 0.15) is 39.3 Å². The summed E-state index contributed by atoms with van der Waals surface area (Å²) in [6, 6.07) is -0.921. The number of rotatable bonds is 6. The molecule has 0 aromatic carbocycles. The maximum atomic E-state index is 13.2. The van der Waals surface area contributed by atoms with Crippen molar-refractivity contribution in [1.29, 1.82) is 0 Å². The molecule has 35 heavy (non-hydrogen) atoms. The van der Waals surface area contributed by atoms with Crippen LogP contribution in [-0.2, 0) is 33.5 Å². The third-order valence-electron chi connectivity index (χ3n) is 5.31. The lowest BCUT2D eigenvalue weighted by Crippen LogP contribution is -2.71. The van der Waals surface area contributed by atoms with Gasteiger partial charge in [0.2, 0.25) is 0 Å². The SMILES string of the molecule is CON=C(C(=O)N[C@@H]1C(=O)N2C(C(=O)OC(C)(C)C)=C([C@@H]3CCC(=O)O3)CS[C@H]12)c1csc(N)n1. The topological polar surface area (TPSA) is 163 Å². The summed E-state index contributed by atoms with van der Waals surface area (Å²) in [6.45, 7) is 5.16. The van der Waals surface area contributed by atoms with Crippen LogP contribution >= 0.6 is 23.1 Å². The molecule has 1 aromatic rings. The van der Waals surface area contributed by atoms with E-state index in [1.165, 1.54) is 23.8 Å². The van der Waals surface area contributed by atoms with E-state index in [9.17, 15) is 19.2 Å². The minimum atomic E-state index is -0.921. The van der Waals surface area contributed by atoms with Crippen LogP contribution < -0.4 is 11.1 Å². The van der Waals surface area contributed by atoms with Gasteiger partial charge in [0.15, 0.2) is 10.8 Å². The van der Waals surface area contributed by atoms with E-state index in [0.717, 1.165) is 11.3 Å². The molecule has 4 heterocycles. The van der Waals surface area contributed by atoms with Crippen molar-refractivity contribution in [3.8, 4) is 0 Å². The van der Waals surface area contributed by atoms with Crippen molar-refractivity contribution in [3.63, 3.8) is 0 Å². The molecule has 1 aromatic heterocycles. The number of hydrogen-bond donors (Lipinski definition) is 2. The Morgan fingerprint density at radius 3 is 2.66 bits per heavy atom. The highest BCUT2D eigenvalue weighted by molar-refractivity contribution is 8.00. The van der Waals surface area contributed by atoms with E-state index in [4.69, 9.17) is 20.0 Å². The molecule has 2 amide bonds. The summed E-state index contributed by atoms with van der Waals surface area (Å²) in [6.07, 6.45) is 0.0521. The summed E-state index contributed by atoms with van der Waals surface area (Å²) >= 11 is 2.49. The van der Waals surface area contributed by atoms with Gasteiger partial charge in [0, 0.05) is 23.1 Å². The molecule has 0 aliphatic carbocycles. The molecular weight excluding hydrogens is 498 g/mol. The molecule has 3 N–H and O–H groups in total. The summed E-state index contributed by atoms with van der Waals surface area (Å²) in [5, 5.41) is 7.63. The Labute approximate surface area is 209 Å². The maximum absolute atomic E-state index is 13.2. The summed E-state index contributed by atoms with van der Waals surface area (Å²) in [4.78, 5) is 61.1. The van der Waals surface area contributed by atoms with Gasteiger partial charge in [-0.15, -0.1) is 23.1 Å². The van der Waals surface area contributed by atoms with E-state index >= 15 is 0 Å². The number of thioether (sulfide) groups is 1. The number of carbonyl (C=O) groups excluding carboxylic acids is 4. The van der Waals surface area contributed by atoms with Gasteiger partial charge < -0.3 is 25.4 Å². The Balaban J connectivity index is 1.58. The molecule has 0 radical (unpaired) electrons. The van der Waals surface area contributed by atoms with Crippen LogP contribution in [0.2, 0.25) is 0 Å². The molecule has 0 unspecified atom stereocenters. The largest absolute Gasteiger partial charge is 0.458 e. The summed E-state index contributed by atoms with van der Waals surface area (Å²) in [5.74, 6) is -1.87. The number of cyclic esters (lactones) is 1. The second-order valence-corrected chi connectivity index (χ2v) is 10.9. The summed E-state index contributed by atoms with van der Waals surface area (Å²) in [5.41, 5.74) is 5.54. The van der Waals surface area contributed by atoms with Gasteiger partial charge in [-0.3, -0.25) is 19.3 Å². The minimum Gasteiger partial charge on any atom is -0.458 e. The zero-order valence-corrected chi connectivity index (χ0v) is 21.2. The molecule has 2 saturated heterocycles. The van der Waals surface area contributed by atoms with E-state index in [1.807, 2.05) is 0 Å². The van der Waals surface area contributed by atoms with Crippen molar-refractivity contribution in [2.75, 3.05) is 18.6 Å². The van der Waals surface area contributed by atoms with E-state index in [0.29, 0.717) is 17.7 Å². The Kier molecular flexibility index (Phi) is 6.77. The Hall–Kier alpha value is -3.13. The van der Waals surface area contributed by atoms with Crippen molar-refractivity contribution in [1.82, 2.24) is 15.2 Å². The van der Waals surface area contributed by atoms with Gasteiger partial charge >= 0.3 is 11.9 Å². The van der Waals surface area contributed by atoms with Gasteiger partial charge in [0.1, 0.15) is 41.6 Å². The van der Waals surface area contributed by atoms with E-state index < -0.39 is 40.9 Å². The van der Waals surface area contributed by atoms with Gasteiger partial charge in [0.05, 0.1) is 0 Å². The fourth-order valence-corrected chi connectivity index (χ4v) is 5.83. The minimum absolute atomic E-state index is 0.0666. The van der Waals surface area contributed by atoms with Gasteiger partial charge in [-0.1, -0.05) is 5.16 Å². The lowest BCUT2D eigenvalue weighted by Gasteiger charge is -2.50. The van der Waals surface area contributed by atoms with Crippen molar-refractivity contribution in [2.24, 2.45) is 5.16 Å². The number of nitrogens with one attached hydrogen (secondary N) is 1. The molecule has 12 nitrogen and oxygen atoms in total. The molecule has 2 fully saturated rings. The standard InChI is InChI=1S/C21H25N5O7S2/c1-21(2,3)33-19(30)15-9(11-5-6-12(27)32-11)7-34-18-14(17(29)26(15)18)24-16(28)13(25-31-4)10-8-35-20(22)23-10/h8,11,14,18H,5-7H2,1-4H3,(H2,22,23)(H,24,28)/t11-,14+,18+/m0/s1. The molecule has 3 aliphatic rings. The molecular formula is C21H25N5O7S2. The number of nitrogens with two attached hydrogens (primary N) is 1. The Morgan fingerprint density at radius 1 is 1.34 bits per heavy atom. The molecule has 0 bridgehead atoms. The van der Waals surface area contributed by atoms with Crippen LogP contribution in [-0.4, -0.2) is 75.3 Å². The number of carbonyl (C=O) groups is 4. The number of amides is 2. The van der Waals surface area contributed by atoms with Gasteiger partial charge in [-0.2, -0.15) is 0 Å². The highest BCUT2D eigenvalue weighted by Gasteiger charge is 2.56. The smallest absolute Gasteiger partial charge is 0.355 e. The number of nitrogen functional groups attached to an aromatic ring is 1. The van der Waals surface area contributed by atoms with Crippen molar-refractivity contribution in [3.05, 3.63) is 22.3 Å². The molecule has 188 valence electrons. The van der Waals surface area contributed by atoms with Crippen LogP contribution in [0.25, 0.3) is 0 Å². The third-order valence-corrected chi connectivity index (χ3v) is 7.29. The first kappa shape index (κ1) is 25.0. The molecule has 4 rings (SSSR count).